The molecular weight excluding hydrogens is 402 g/mol. The zero-order valence-electron chi connectivity index (χ0n) is 18.1. The van der Waals surface area contributed by atoms with Gasteiger partial charge >= 0.3 is 5.97 Å². The summed E-state index contributed by atoms with van der Waals surface area (Å²) in [6.45, 7) is 4.46. The van der Waals surface area contributed by atoms with Crippen LogP contribution in [0.2, 0.25) is 0 Å². The number of ether oxygens (including phenoxy) is 1. The van der Waals surface area contributed by atoms with Crippen molar-refractivity contribution in [3.8, 4) is 0 Å². The van der Waals surface area contributed by atoms with Gasteiger partial charge in [-0.2, -0.15) is 0 Å². The van der Waals surface area contributed by atoms with Gasteiger partial charge in [0.15, 0.2) is 12.6 Å². The van der Waals surface area contributed by atoms with Gasteiger partial charge in [-0.05, 0) is 48.9 Å². The molecule has 0 bridgehead atoms. The van der Waals surface area contributed by atoms with E-state index in [9.17, 15) is 19.2 Å². The molecular formula is C22H29N3O6. The zero-order chi connectivity index (χ0) is 23.0. The van der Waals surface area contributed by atoms with E-state index in [4.69, 9.17) is 9.84 Å². The highest BCUT2D eigenvalue weighted by atomic mass is 16.5. The molecule has 0 fully saturated rings. The van der Waals surface area contributed by atoms with Crippen molar-refractivity contribution in [1.29, 1.82) is 0 Å². The van der Waals surface area contributed by atoms with E-state index in [-0.39, 0.29) is 25.2 Å². The molecule has 0 saturated heterocycles. The molecule has 0 aliphatic rings. The third-order valence-corrected chi connectivity index (χ3v) is 5.42. The van der Waals surface area contributed by atoms with Gasteiger partial charge in [0.1, 0.15) is 0 Å². The summed E-state index contributed by atoms with van der Waals surface area (Å²) in [5.41, 5.74) is 5.50. The van der Waals surface area contributed by atoms with Crippen molar-refractivity contribution >= 4 is 24.4 Å². The summed E-state index contributed by atoms with van der Waals surface area (Å²) in [7, 11) is 1.56. The largest absolute Gasteiger partial charge is 0.481 e. The number of H-pyrrole nitrogens is 2. The maximum absolute atomic E-state index is 12.1. The number of aromatic amines is 2. The first-order chi connectivity index (χ1) is 14.8. The highest BCUT2D eigenvalue weighted by molar-refractivity contribution is 5.78. The van der Waals surface area contributed by atoms with Crippen LogP contribution in [-0.2, 0) is 33.6 Å². The summed E-state index contributed by atoms with van der Waals surface area (Å²) in [4.78, 5) is 52.2. The molecule has 0 aliphatic heterocycles. The number of carbonyl (C=O) groups is 4. The average molecular weight is 431 g/mol. The lowest BCUT2D eigenvalue weighted by Gasteiger charge is -2.08. The van der Waals surface area contributed by atoms with Crippen LogP contribution in [0.1, 0.15) is 67.5 Å². The maximum atomic E-state index is 12.1. The minimum absolute atomic E-state index is 0.0537. The molecule has 31 heavy (non-hydrogen) atoms. The van der Waals surface area contributed by atoms with Crippen LogP contribution in [0.3, 0.4) is 0 Å². The molecule has 2 rings (SSSR count). The molecule has 2 heterocycles. The molecule has 4 N–H and O–H groups in total. The van der Waals surface area contributed by atoms with Gasteiger partial charge in [-0.25, -0.2) is 0 Å². The number of aromatic nitrogens is 2. The molecule has 0 aliphatic carbocycles. The van der Waals surface area contributed by atoms with Crippen LogP contribution in [0.15, 0.2) is 0 Å². The van der Waals surface area contributed by atoms with Crippen molar-refractivity contribution in [3.05, 3.63) is 45.0 Å². The molecule has 0 spiro atoms. The van der Waals surface area contributed by atoms with Gasteiger partial charge in [-0.15, -0.1) is 0 Å². The molecule has 1 amide bonds. The van der Waals surface area contributed by atoms with Crippen LogP contribution in [0.5, 0.6) is 0 Å². The molecule has 0 atom stereocenters. The monoisotopic (exact) mass is 431 g/mol. The second-order valence-corrected chi connectivity index (χ2v) is 7.39. The van der Waals surface area contributed by atoms with Gasteiger partial charge in [-0.1, -0.05) is 0 Å². The van der Waals surface area contributed by atoms with E-state index >= 15 is 0 Å². The number of hydrogen-bond acceptors (Lipinski definition) is 5. The Kier molecular flexibility index (Phi) is 8.75. The topological polar surface area (TPSA) is 141 Å². The Labute approximate surface area is 180 Å². The predicted octanol–water partition coefficient (Wildman–Crippen LogP) is 1.89. The third kappa shape index (κ3) is 6.14. The van der Waals surface area contributed by atoms with E-state index < -0.39 is 5.97 Å². The van der Waals surface area contributed by atoms with Crippen LogP contribution in [0.4, 0.5) is 0 Å². The quantitative estimate of drug-likeness (QED) is 0.282. The summed E-state index contributed by atoms with van der Waals surface area (Å²) in [6, 6.07) is 0. The standard InChI is InChI=1S/C22H29N3O6/c1-13-15(4-6-21(28)23-8-9-31-3)17(24-19(13)11-26)10-18-16(5-7-22(29)30)14(2)20(12-27)25-18/h11-12,24-25H,4-10H2,1-3H3,(H,23,28)(H,29,30). The van der Waals surface area contributed by atoms with E-state index in [2.05, 4.69) is 15.3 Å². The Morgan fingerprint density at radius 2 is 1.48 bits per heavy atom. The SMILES string of the molecule is COCCNC(=O)CCc1c(Cc2[nH]c(C=O)c(C)c2CCC(=O)O)[nH]c(C=O)c1C. The minimum Gasteiger partial charge on any atom is -0.481 e. The Morgan fingerprint density at radius 1 is 0.968 bits per heavy atom. The zero-order valence-corrected chi connectivity index (χ0v) is 18.1. The van der Waals surface area contributed by atoms with Crippen LogP contribution in [-0.4, -0.2) is 59.8 Å². The molecule has 9 heteroatoms. The van der Waals surface area contributed by atoms with E-state index in [0.717, 1.165) is 39.9 Å². The van der Waals surface area contributed by atoms with Gasteiger partial charge in [0.05, 0.1) is 18.0 Å². The van der Waals surface area contributed by atoms with Gasteiger partial charge in [-0.3, -0.25) is 19.2 Å². The second kappa shape index (κ2) is 11.3. The lowest BCUT2D eigenvalue weighted by molar-refractivity contribution is -0.137. The van der Waals surface area contributed by atoms with Crippen LogP contribution in [0, 0.1) is 13.8 Å². The van der Waals surface area contributed by atoms with Crippen molar-refractivity contribution in [2.75, 3.05) is 20.3 Å². The Hall–Kier alpha value is -3.20. The van der Waals surface area contributed by atoms with Gasteiger partial charge in [0.25, 0.3) is 0 Å². The van der Waals surface area contributed by atoms with Gasteiger partial charge in [0.2, 0.25) is 5.91 Å². The van der Waals surface area contributed by atoms with Crippen molar-refractivity contribution < 1.29 is 29.0 Å². The summed E-state index contributed by atoms with van der Waals surface area (Å²) in [5.74, 6) is -1.03. The number of amides is 1. The average Bonchev–Trinajstić information content (AvgIpc) is 3.20. The predicted molar refractivity (Wildman–Crippen MR) is 114 cm³/mol. The van der Waals surface area contributed by atoms with E-state index in [1.165, 1.54) is 0 Å². The minimum atomic E-state index is -0.918. The Bertz CT molecular complexity index is 957. The number of aldehydes is 2. The number of hydrogen-bond donors (Lipinski definition) is 4. The molecule has 0 radical (unpaired) electrons. The molecule has 9 nitrogen and oxygen atoms in total. The fourth-order valence-corrected chi connectivity index (χ4v) is 3.68. The number of carboxylic acid groups (broad SMARTS) is 1. The third-order valence-electron chi connectivity index (χ3n) is 5.42. The van der Waals surface area contributed by atoms with Gasteiger partial charge in [0, 0.05) is 44.3 Å². The number of rotatable bonds is 13. The first-order valence-electron chi connectivity index (χ1n) is 10.1. The smallest absolute Gasteiger partial charge is 0.303 e. The highest BCUT2D eigenvalue weighted by Gasteiger charge is 2.20. The fraction of sp³-hybridized carbons (Fsp3) is 0.455. The Morgan fingerprint density at radius 3 is 1.94 bits per heavy atom. The molecule has 0 saturated carbocycles. The molecule has 0 aromatic carbocycles. The van der Waals surface area contributed by atoms with Gasteiger partial charge < -0.3 is 25.1 Å². The number of aliphatic carboxylic acids is 1. The normalized spacial score (nSPS) is 10.8. The van der Waals surface area contributed by atoms with E-state index in [0.29, 0.717) is 43.7 Å². The first-order valence-corrected chi connectivity index (χ1v) is 10.1. The summed E-state index contributed by atoms with van der Waals surface area (Å²) in [6.07, 6.45) is 2.74. The molecule has 168 valence electrons. The fourth-order valence-electron chi connectivity index (χ4n) is 3.68. The lowest BCUT2D eigenvalue weighted by Crippen LogP contribution is -2.27. The number of carbonyl (C=O) groups excluding carboxylic acids is 3. The number of carboxylic acids is 1. The molecule has 2 aromatic heterocycles. The maximum Gasteiger partial charge on any atom is 0.303 e. The van der Waals surface area contributed by atoms with Crippen LogP contribution < -0.4 is 5.32 Å². The highest BCUT2D eigenvalue weighted by Crippen LogP contribution is 2.26. The van der Waals surface area contributed by atoms with Crippen LogP contribution in [0.25, 0.3) is 0 Å². The summed E-state index contributed by atoms with van der Waals surface area (Å²) < 4.78 is 4.92. The van der Waals surface area contributed by atoms with E-state index in [1.54, 1.807) is 14.0 Å². The van der Waals surface area contributed by atoms with E-state index in [1.807, 2.05) is 6.92 Å². The van der Waals surface area contributed by atoms with Crippen molar-refractivity contribution in [1.82, 2.24) is 15.3 Å². The lowest BCUT2D eigenvalue weighted by atomic mass is 9.98. The van der Waals surface area contributed by atoms with Crippen molar-refractivity contribution in [3.63, 3.8) is 0 Å². The summed E-state index contributed by atoms with van der Waals surface area (Å²) in [5, 5.41) is 11.8. The van der Waals surface area contributed by atoms with Crippen LogP contribution >= 0.6 is 0 Å². The van der Waals surface area contributed by atoms with Crippen molar-refractivity contribution in [2.45, 2.75) is 46.0 Å². The Balaban J connectivity index is 2.28. The summed E-state index contributed by atoms with van der Waals surface area (Å²) >= 11 is 0. The number of nitrogens with one attached hydrogen (secondary N) is 3. The number of methoxy groups -OCH3 is 1. The second-order valence-electron chi connectivity index (χ2n) is 7.39. The molecule has 2 aromatic rings. The van der Waals surface area contributed by atoms with Crippen molar-refractivity contribution in [2.24, 2.45) is 0 Å². The first kappa shape index (κ1) is 24.1. The molecule has 0 unspecified atom stereocenters.